The molecule has 0 aliphatic rings. The maximum Gasteiger partial charge on any atom is 0.246 e. The number of nitrogens with zero attached hydrogens (tertiary/aromatic N) is 2. The molecule has 0 saturated carbocycles. The fourth-order valence-corrected chi connectivity index (χ4v) is 3.06. The third-order valence-corrected chi connectivity index (χ3v) is 4.53. The lowest BCUT2D eigenvalue weighted by atomic mass is 10.3. The number of aromatic amines is 1. The number of H-pyrrole nitrogens is 1. The zero-order valence-corrected chi connectivity index (χ0v) is 10.1. The minimum atomic E-state index is -3.38. The fourth-order valence-electron chi connectivity index (χ4n) is 1.44. The van der Waals surface area contributed by atoms with Crippen molar-refractivity contribution in [3.05, 3.63) is 12.4 Å². The monoisotopic (exact) mass is 231 g/mol. The molecule has 0 aromatic carbocycles. The van der Waals surface area contributed by atoms with Crippen LogP contribution in [-0.4, -0.2) is 35.5 Å². The van der Waals surface area contributed by atoms with Gasteiger partial charge in [0.1, 0.15) is 4.90 Å². The van der Waals surface area contributed by atoms with E-state index in [0.717, 1.165) is 6.42 Å². The molecule has 1 N–H and O–H groups in total. The van der Waals surface area contributed by atoms with Crippen LogP contribution in [0.25, 0.3) is 0 Å². The van der Waals surface area contributed by atoms with Crippen molar-refractivity contribution < 1.29 is 8.42 Å². The minimum absolute atomic E-state index is 0.00917. The number of hydrogen-bond acceptors (Lipinski definition) is 3. The van der Waals surface area contributed by atoms with Crippen molar-refractivity contribution in [2.75, 3.05) is 6.54 Å². The van der Waals surface area contributed by atoms with Crippen LogP contribution in [0.1, 0.15) is 27.2 Å². The SMILES string of the molecule is CCC(C)N(CC)S(=O)(=O)c1cn[nH]c1. The van der Waals surface area contributed by atoms with Crippen LogP contribution in [0.15, 0.2) is 17.3 Å². The third-order valence-electron chi connectivity index (χ3n) is 2.47. The van der Waals surface area contributed by atoms with E-state index in [4.69, 9.17) is 0 Å². The summed E-state index contributed by atoms with van der Waals surface area (Å²) in [6, 6.07) is 0.00917. The highest BCUT2D eigenvalue weighted by molar-refractivity contribution is 7.89. The topological polar surface area (TPSA) is 66.1 Å². The van der Waals surface area contributed by atoms with Gasteiger partial charge in [-0.25, -0.2) is 8.42 Å². The standard InChI is InChI=1S/C9H17N3O2S/c1-4-8(3)12(5-2)15(13,14)9-6-10-11-7-9/h6-8H,4-5H2,1-3H3,(H,10,11). The molecule has 0 fully saturated rings. The highest BCUT2D eigenvalue weighted by Gasteiger charge is 2.27. The second kappa shape index (κ2) is 4.76. The Balaban J connectivity index is 3.04. The van der Waals surface area contributed by atoms with E-state index in [2.05, 4.69) is 10.2 Å². The summed E-state index contributed by atoms with van der Waals surface area (Å²) in [5.41, 5.74) is 0. The van der Waals surface area contributed by atoms with Gasteiger partial charge >= 0.3 is 0 Å². The molecule has 1 heterocycles. The summed E-state index contributed by atoms with van der Waals surface area (Å²) in [6.45, 7) is 6.19. The van der Waals surface area contributed by atoms with Crippen LogP contribution >= 0.6 is 0 Å². The number of aromatic nitrogens is 2. The fraction of sp³-hybridized carbons (Fsp3) is 0.667. The molecule has 5 nitrogen and oxygen atoms in total. The maximum absolute atomic E-state index is 12.1. The Morgan fingerprint density at radius 2 is 2.20 bits per heavy atom. The Hall–Kier alpha value is -0.880. The molecule has 6 heteroatoms. The second-order valence-electron chi connectivity index (χ2n) is 3.40. The van der Waals surface area contributed by atoms with Gasteiger partial charge in [0.2, 0.25) is 10.0 Å². The molecule has 0 saturated heterocycles. The number of hydrogen-bond donors (Lipinski definition) is 1. The van der Waals surface area contributed by atoms with Crippen LogP contribution in [0.4, 0.5) is 0 Å². The number of rotatable bonds is 5. The Labute approximate surface area is 90.5 Å². The van der Waals surface area contributed by atoms with E-state index >= 15 is 0 Å². The molecule has 1 aromatic heterocycles. The lowest BCUT2D eigenvalue weighted by Crippen LogP contribution is -2.37. The summed E-state index contributed by atoms with van der Waals surface area (Å²) in [5, 5.41) is 6.18. The first kappa shape index (κ1) is 12.2. The Bertz CT molecular complexity index is 385. The Kier molecular flexibility index (Phi) is 3.87. The average molecular weight is 231 g/mol. The van der Waals surface area contributed by atoms with Gasteiger partial charge in [-0.15, -0.1) is 0 Å². The van der Waals surface area contributed by atoms with Crippen LogP contribution in [-0.2, 0) is 10.0 Å². The number of sulfonamides is 1. The van der Waals surface area contributed by atoms with E-state index in [1.165, 1.54) is 16.7 Å². The molecule has 1 unspecified atom stereocenters. The van der Waals surface area contributed by atoms with Crippen molar-refractivity contribution in [2.45, 2.75) is 38.1 Å². The van der Waals surface area contributed by atoms with E-state index in [0.29, 0.717) is 6.54 Å². The van der Waals surface area contributed by atoms with Crippen LogP contribution in [0, 0.1) is 0 Å². The van der Waals surface area contributed by atoms with Crippen molar-refractivity contribution in [1.82, 2.24) is 14.5 Å². The van der Waals surface area contributed by atoms with Crippen LogP contribution in [0.5, 0.6) is 0 Å². The minimum Gasteiger partial charge on any atom is -0.284 e. The molecule has 0 radical (unpaired) electrons. The van der Waals surface area contributed by atoms with Crippen molar-refractivity contribution in [2.24, 2.45) is 0 Å². The summed E-state index contributed by atoms with van der Waals surface area (Å²) < 4.78 is 25.7. The summed E-state index contributed by atoms with van der Waals surface area (Å²) in [7, 11) is -3.38. The van der Waals surface area contributed by atoms with Gasteiger partial charge in [0.25, 0.3) is 0 Å². The molecule has 0 bridgehead atoms. The van der Waals surface area contributed by atoms with Crippen LogP contribution in [0.2, 0.25) is 0 Å². The summed E-state index contributed by atoms with van der Waals surface area (Å²) >= 11 is 0. The molecule has 0 spiro atoms. The predicted molar refractivity (Wildman–Crippen MR) is 57.9 cm³/mol. The molecule has 15 heavy (non-hydrogen) atoms. The first-order chi connectivity index (χ1) is 7.04. The molecular weight excluding hydrogens is 214 g/mol. The Morgan fingerprint density at radius 1 is 1.53 bits per heavy atom. The third kappa shape index (κ3) is 2.38. The average Bonchev–Trinajstić information content (AvgIpc) is 2.71. The zero-order valence-electron chi connectivity index (χ0n) is 9.27. The normalized spacial score (nSPS) is 14.4. The van der Waals surface area contributed by atoms with Gasteiger partial charge in [0.15, 0.2) is 0 Å². The first-order valence-electron chi connectivity index (χ1n) is 5.04. The second-order valence-corrected chi connectivity index (χ2v) is 5.29. The zero-order chi connectivity index (χ0) is 11.5. The van der Waals surface area contributed by atoms with E-state index in [1.54, 1.807) is 0 Å². The van der Waals surface area contributed by atoms with E-state index in [1.807, 2.05) is 20.8 Å². The van der Waals surface area contributed by atoms with Gasteiger partial charge in [-0.2, -0.15) is 9.40 Å². The molecule has 86 valence electrons. The van der Waals surface area contributed by atoms with Gasteiger partial charge in [-0.1, -0.05) is 13.8 Å². The van der Waals surface area contributed by atoms with Crippen molar-refractivity contribution in [1.29, 1.82) is 0 Å². The molecular formula is C9H17N3O2S. The van der Waals surface area contributed by atoms with E-state index in [-0.39, 0.29) is 10.9 Å². The molecule has 1 rings (SSSR count). The maximum atomic E-state index is 12.1. The van der Waals surface area contributed by atoms with Crippen LogP contribution < -0.4 is 0 Å². The molecule has 1 aromatic rings. The van der Waals surface area contributed by atoms with Gasteiger partial charge in [0, 0.05) is 18.8 Å². The molecule has 0 aliphatic heterocycles. The van der Waals surface area contributed by atoms with E-state index in [9.17, 15) is 8.42 Å². The molecule has 0 amide bonds. The van der Waals surface area contributed by atoms with E-state index < -0.39 is 10.0 Å². The van der Waals surface area contributed by atoms with Crippen LogP contribution in [0.3, 0.4) is 0 Å². The summed E-state index contributed by atoms with van der Waals surface area (Å²) in [4.78, 5) is 0.227. The summed E-state index contributed by atoms with van der Waals surface area (Å²) in [5.74, 6) is 0. The van der Waals surface area contributed by atoms with Crippen molar-refractivity contribution >= 4 is 10.0 Å². The van der Waals surface area contributed by atoms with Crippen molar-refractivity contribution in [3.8, 4) is 0 Å². The lowest BCUT2D eigenvalue weighted by molar-refractivity contribution is 0.342. The smallest absolute Gasteiger partial charge is 0.246 e. The predicted octanol–water partition coefficient (Wildman–Crippen LogP) is 1.22. The lowest BCUT2D eigenvalue weighted by Gasteiger charge is -2.25. The Morgan fingerprint density at radius 3 is 2.60 bits per heavy atom. The molecule has 0 aliphatic carbocycles. The number of nitrogens with one attached hydrogen (secondary N) is 1. The van der Waals surface area contributed by atoms with Gasteiger partial charge in [-0.3, -0.25) is 5.10 Å². The van der Waals surface area contributed by atoms with Gasteiger partial charge < -0.3 is 0 Å². The molecule has 1 atom stereocenters. The van der Waals surface area contributed by atoms with Gasteiger partial charge in [0.05, 0.1) is 6.20 Å². The largest absolute Gasteiger partial charge is 0.284 e. The van der Waals surface area contributed by atoms with Gasteiger partial charge in [-0.05, 0) is 13.3 Å². The summed E-state index contributed by atoms with van der Waals surface area (Å²) in [6.07, 6.45) is 3.53. The first-order valence-corrected chi connectivity index (χ1v) is 6.48. The van der Waals surface area contributed by atoms with Crippen molar-refractivity contribution in [3.63, 3.8) is 0 Å². The quantitative estimate of drug-likeness (QED) is 0.828. The highest BCUT2D eigenvalue weighted by atomic mass is 32.2. The highest BCUT2D eigenvalue weighted by Crippen LogP contribution is 2.17.